The summed E-state index contributed by atoms with van der Waals surface area (Å²) in [7, 11) is 0. The minimum Gasteiger partial charge on any atom is -0.506 e. The van der Waals surface area contributed by atoms with Crippen molar-refractivity contribution in [1.82, 2.24) is 0 Å². The number of carbonyl (C=O) groups is 1. The maximum Gasteiger partial charge on any atom is 0.138 e. The van der Waals surface area contributed by atoms with Crippen LogP contribution in [0.4, 0.5) is 11.4 Å². The molecule has 2 aromatic rings. The number of benzene rings is 2. The quantitative estimate of drug-likeness (QED) is 0.172. The zero-order chi connectivity index (χ0) is 17.5. The summed E-state index contributed by atoms with van der Waals surface area (Å²) in [5.74, 6) is -0.148. The number of hydrogen-bond acceptors (Lipinski definition) is 6. The predicted molar refractivity (Wildman–Crippen MR) is 85.3 cm³/mol. The fraction of sp³-hybridized carbons (Fsp3) is 0.0714. The van der Waals surface area contributed by atoms with E-state index in [1.165, 1.54) is 25.1 Å². The van der Waals surface area contributed by atoms with Crippen LogP contribution in [0.2, 0.25) is 0 Å². The number of nitrogens with one attached hydrogen (secondary N) is 1. The molecule has 1 unspecified atom stereocenters. The van der Waals surface area contributed by atoms with Crippen molar-refractivity contribution in [2.45, 2.75) is 6.92 Å². The fourth-order valence-corrected chi connectivity index (χ4v) is 2.91. The molecule has 6 N–H and O–H groups in total. The normalized spacial score (nSPS) is 12.5. The van der Waals surface area contributed by atoms with E-state index in [1.54, 1.807) is 30.3 Å². The smallest absolute Gasteiger partial charge is 0.138 e. The van der Waals surface area contributed by atoms with Gasteiger partial charge in [0.15, 0.2) is 0 Å². The average Bonchev–Trinajstić information content (AvgIpc) is 2.50. The first-order valence-electron chi connectivity index (χ1n) is 6.34. The molecule has 9 heteroatoms. The molecule has 1 amide bonds. The third-order valence-corrected chi connectivity index (χ3v) is 4.96. The molecule has 0 saturated carbocycles. The minimum absolute atomic E-state index is 0.0399. The second-order valence-electron chi connectivity index (χ2n) is 4.39. The molecule has 0 radical (unpaired) electrons. The molecule has 0 heterocycles. The van der Waals surface area contributed by atoms with Gasteiger partial charge in [-0.1, -0.05) is 12.1 Å². The summed E-state index contributed by atoms with van der Waals surface area (Å²) >= 11 is -4.83. The van der Waals surface area contributed by atoms with Gasteiger partial charge in [-0.2, -0.15) is 0 Å². The maximum absolute atomic E-state index is 11.3. The second kappa shape index (κ2) is 8.40. The number of nitrogen functional groups attached to an aromatic ring is 1. The van der Waals surface area contributed by atoms with Crippen molar-refractivity contribution in [3.63, 3.8) is 0 Å². The van der Waals surface area contributed by atoms with Crippen LogP contribution >= 0.6 is 0 Å². The summed E-state index contributed by atoms with van der Waals surface area (Å²) in [6, 6.07) is 12.3. The molecule has 0 aliphatic heterocycles. The third-order valence-electron chi connectivity index (χ3n) is 2.54. The number of rotatable bonds is 3. The average molecular weight is 384 g/mol. The van der Waals surface area contributed by atoms with Crippen LogP contribution in [0.1, 0.15) is 6.92 Å². The van der Waals surface area contributed by atoms with Gasteiger partial charge in [0.05, 0.1) is 5.69 Å². The Morgan fingerprint density at radius 2 is 1.87 bits per heavy atom. The Morgan fingerprint density at radius 3 is 2.35 bits per heavy atom. The van der Waals surface area contributed by atoms with Crippen molar-refractivity contribution < 1.29 is 26.9 Å². The summed E-state index contributed by atoms with van der Waals surface area (Å²) in [6.45, 7) is 1.32. The first-order chi connectivity index (χ1) is 10.8. The molecule has 0 saturated heterocycles. The van der Waals surface area contributed by atoms with Gasteiger partial charge in [0.25, 0.3) is 0 Å². The van der Waals surface area contributed by atoms with E-state index in [9.17, 15) is 12.6 Å². The van der Waals surface area contributed by atoms with Gasteiger partial charge in [-0.15, -0.1) is 0 Å². The molecule has 0 bridgehead atoms. The van der Waals surface area contributed by atoms with Crippen LogP contribution in [0, 0.1) is 0 Å². The number of nitrogens with two attached hydrogens (primary N) is 1. The molecule has 2 rings (SSSR count). The van der Waals surface area contributed by atoms with Crippen molar-refractivity contribution in [3.05, 3.63) is 48.5 Å². The Hall–Kier alpha value is -2.25. The second-order valence-corrected chi connectivity index (χ2v) is 8.00. The van der Waals surface area contributed by atoms with Gasteiger partial charge < -0.3 is 10.8 Å². The SMILES string of the molecule is CC(=O)Nc1cccc([As](=O)(O)OO)c1.Nc1ccccc1O. The fourth-order valence-electron chi connectivity index (χ4n) is 1.50. The van der Waals surface area contributed by atoms with Gasteiger partial charge in [0.1, 0.15) is 5.75 Å². The summed E-state index contributed by atoms with van der Waals surface area (Å²) < 4.78 is 23.9. The Balaban J connectivity index is 0.000000277. The molecule has 0 aromatic heterocycles. The summed E-state index contributed by atoms with van der Waals surface area (Å²) in [5, 5.41) is 19.5. The van der Waals surface area contributed by atoms with Crippen LogP contribution in [-0.4, -0.2) is 34.5 Å². The van der Waals surface area contributed by atoms with E-state index in [0.29, 0.717) is 11.4 Å². The van der Waals surface area contributed by atoms with Crippen molar-refractivity contribution in [1.29, 1.82) is 0 Å². The predicted octanol–water partition coefficient (Wildman–Crippen LogP) is 0.678. The van der Waals surface area contributed by atoms with Gasteiger partial charge in [-0.05, 0) is 12.1 Å². The maximum atomic E-state index is 11.3. The molecular weight excluding hydrogens is 367 g/mol. The minimum atomic E-state index is -4.83. The van der Waals surface area contributed by atoms with E-state index in [4.69, 9.17) is 16.1 Å². The first-order valence-corrected chi connectivity index (χ1v) is 9.65. The number of hydrogen-bond donors (Lipinski definition) is 5. The molecule has 124 valence electrons. The molecule has 0 fully saturated rings. The van der Waals surface area contributed by atoms with Gasteiger partial charge in [-0.25, -0.2) is 0 Å². The number of phenols is 1. The van der Waals surface area contributed by atoms with E-state index >= 15 is 0 Å². The summed E-state index contributed by atoms with van der Waals surface area (Å²) in [4.78, 5) is 10.7. The largest absolute Gasteiger partial charge is 0.506 e. The zero-order valence-corrected chi connectivity index (χ0v) is 14.1. The molecule has 23 heavy (non-hydrogen) atoms. The van der Waals surface area contributed by atoms with Crippen LogP contribution in [0.3, 0.4) is 0 Å². The Bertz CT molecular complexity index is 701. The number of carbonyl (C=O) groups excluding carboxylic acids is 1. The van der Waals surface area contributed by atoms with Gasteiger partial charge >= 0.3 is 88.4 Å². The number of para-hydroxylation sites is 2. The Morgan fingerprint density at radius 1 is 1.22 bits per heavy atom. The van der Waals surface area contributed by atoms with E-state index in [2.05, 4.69) is 9.19 Å². The van der Waals surface area contributed by atoms with Crippen LogP contribution < -0.4 is 15.4 Å². The monoisotopic (exact) mass is 384 g/mol. The van der Waals surface area contributed by atoms with Crippen molar-refractivity contribution in [2.75, 3.05) is 11.1 Å². The summed E-state index contributed by atoms with van der Waals surface area (Å²) in [5.41, 5.74) is 6.06. The van der Waals surface area contributed by atoms with Crippen LogP contribution in [-0.2, 0) is 12.4 Å². The number of aromatic hydroxyl groups is 1. The van der Waals surface area contributed by atoms with E-state index < -0.39 is 14.2 Å². The van der Waals surface area contributed by atoms with Crippen LogP contribution in [0.15, 0.2) is 48.5 Å². The van der Waals surface area contributed by atoms with E-state index in [0.717, 1.165) is 0 Å². The topological polar surface area (TPSA) is 142 Å². The molecule has 0 spiro atoms. The Kier molecular flexibility index (Phi) is 6.86. The zero-order valence-electron chi connectivity index (χ0n) is 12.2. The Labute approximate surface area is 135 Å². The van der Waals surface area contributed by atoms with E-state index in [1.807, 2.05) is 0 Å². The molecule has 1 atom stereocenters. The number of phenolic OH excluding ortho intramolecular Hbond substituents is 1. The molecular formula is C14H17AsN2O6. The first kappa shape index (κ1) is 18.8. The van der Waals surface area contributed by atoms with Gasteiger partial charge in [0, 0.05) is 0 Å². The van der Waals surface area contributed by atoms with E-state index in [-0.39, 0.29) is 16.0 Å². The number of amides is 1. The number of anilines is 2. The summed E-state index contributed by atoms with van der Waals surface area (Å²) in [6.07, 6.45) is 0. The van der Waals surface area contributed by atoms with Crippen molar-refractivity contribution >= 4 is 35.8 Å². The third kappa shape index (κ3) is 6.17. The van der Waals surface area contributed by atoms with Crippen LogP contribution in [0.25, 0.3) is 0 Å². The standard InChI is InChI=1S/C8H10AsNO5.C6H7NO/c1-6(11)10-8-4-2-3-7(5-8)9(12,13)15-14;7-5-3-1-2-4-6(5)8/h2-5,14H,1H3,(H,10,11)(H,12,13);1-4,8H,7H2. The van der Waals surface area contributed by atoms with Crippen LogP contribution in [0.5, 0.6) is 5.75 Å². The van der Waals surface area contributed by atoms with Crippen molar-refractivity contribution in [3.8, 4) is 5.75 Å². The van der Waals surface area contributed by atoms with Crippen molar-refractivity contribution in [2.24, 2.45) is 0 Å². The molecule has 0 aliphatic carbocycles. The van der Waals surface area contributed by atoms with Gasteiger partial charge in [0.2, 0.25) is 0 Å². The molecule has 8 nitrogen and oxygen atoms in total. The van der Waals surface area contributed by atoms with Gasteiger partial charge in [-0.3, -0.25) is 0 Å². The molecule has 2 aromatic carbocycles. The molecule has 0 aliphatic rings.